The number of para-hydroxylation sites is 1. The van der Waals surface area contributed by atoms with Crippen molar-refractivity contribution in [2.24, 2.45) is 0 Å². The summed E-state index contributed by atoms with van der Waals surface area (Å²) in [5, 5.41) is 6.76. The van der Waals surface area contributed by atoms with Gasteiger partial charge < -0.3 is 14.4 Å². The van der Waals surface area contributed by atoms with E-state index in [-0.39, 0.29) is 30.2 Å². The van der Waals surface area contributed by atoms with E-state index in [4.69, 9.17) is 9.47 Å². The molecule has 1 aliphatic rings. The Labute approximate surface area is 176 Å². The molecule has 2 atom stereocenters. The quantitative estimate of drug-likeness (QED) is 0.633. The Morgan fingerprint density at radius 3 is 2.58 bits per heavy atom. The van der Waals surface area contributed by atoms with E-state index in [9.17, 15) is 18.4 Å². The predicted octanol–water partition coefficient (Wildman–Crippen LogP) is 3.19. The maximum atomic E-state index is 13.9. The van der Waals surface area contributed by atoms with E-state index >= 15 is 0 Å². The van der Waals surface area contributed by atoms with Gasteiger partial charge in [0.1, 0.15) is 23.7 Å². The van der Waals surface area contributed by atoms with Crippen molar-refractivity contribution in [3.05, 3.63) is 71.9 Å². The third-order valence-corrected chi connectivity index (χ3v) is 5.08. The SMILES string of the molecule is COC(=O)C1CC(Oc2ccccc2F)CN1C(=O)c1cc(-c2ccc(F)cc2)n[nH]1. The van der Waals surface area contributed by atoms with E-state index in [0.29, 0.717) is 11.3 Å². The Bertz CT molecular complexity index is 1100. The normalized spacial score (nSPS) is 18.1. The van der Waals surface area contributed by atoms with E-state index in [0.717, 1.165) is 0 Å². The number of nitrogens with one attached hydrogen (secondary N) is 1. The number of rotatable bonds is 5. The van der Waals surface area contributed by atoms with Gasteiger partial charge in [0.25, 0.3) is 5.91 Å². The highest BCUT2D eigenvalue weighted by atomic mass is 19.1. The number of halogens is 2. The van der Waals surface area contributed by atoms with Crippen LogP contribution < -0.4 is 4.74 Å². The summed E-state index contributed by atoms with van der Waals surface area (Å²) in [6.07, 6.45) is -0.435. The number of H-pyrrole nitrogens is 1. The molecule has 4 rings (SSSR count). The van der Waals surface area contributed by atoms with Gasteiger partial charge in [0.2, 0.25) is 0 Å². The summed E-state index contributed by atoms with van der Waals surface area (Å²) in [7, 11) is 1.23. The highest BCUT2D eigenvalue weighted by Gasteiger charge is 2.42. The highest BCUT2D eigenvalue weighted by Crippen LogP contribution is 2.27. The Morgan fingerprint density at radius 1 is 1.13 bits per heavy atom. The molecule has 2 unspecified atom stereocenters. The Morgan fingerprint density at radius 2 is 1.87 bits per heavy atom. The number of hydrogen-bond donors (Lipinski definition) is 1. The molecule has 3 aromatic rings. The molecule has 1 N–H and O–H groups in total. The number of benzene rings is 2. The molecule has 1 aliphatic heterocycles. The first-order chi connectivity index (χ1) is 15.0. The van der Waals surface area contributed by atoms with Crippen molar-refractivity contribution in [2.45, 2.75) is 18.6 Å². The van der Waals surface area contributed by atoms with Crippen molar-refractivity contribution >= 4 is 11.9 Å². The number of amides is 1. The van der Waals surface area contributed by atoms with Crippen molar-refractivity contribution in [1.82, 2.24) is 15.1 Å². The zero-order valence-corrected chi connectivity index (χ0v) is 16.5. The van der Waals surface area contributed by atoms with Crippen LogP contribution in [-0.4, -0.2) is 52.8 Å². The summed E-state index contributed by atoms with van der Waals surface area (Å²) < 4.78 is 37.6. The van der Waals surface area contributed by atoms with Gasteiger partial charge in [-0.3, -0.25) is 9.89 Å². The van der Waals surface area contributed by atoms with Gasteiger partial charge >= 0.3 is 5.97 Å². The van der Waals surface area contributed by atoms with Crippen LogP contribution in [0.2, 0.25) is 0 Å². The molecule has 31 heavy (non-hydrogen) atoms. The number of aromatic amines is 1. The number of ether oxygens (including phenoxy) is 2. The van der Waals surface area contributed by atoms with Crippen molar-refractivity contribution < 1.29 is 27.8 Å². The standard InChI is InChI=1S/C22H19F2N3O4/c1-30-22(29)19-10-15(31-20-5-3-2-4-16(20)24)12-27(19)21(28)18-11-17(25-26-18)13-6-8-14(23)9-7-13/h2-9,11,15,19H,10,12H2,1H3,(H,25,26). The van der Waals surface area contributed by atoms with Crippen LogP contribution in [0.3, 0.4) is 0 Å². The molecule has 1 saturated heterocycles. The minimum absolute atomic E-state index is 0.0468. The zero-order valence-electron chi connectivity index (χ0n) is 16.5. The number of methoxy groups -OCH3 is 1. The average Bonchev–Trinajstić information content (AvgIpc) is 3.43. The van der Waals surface area contributed by atoms with Crippen LogP contribution in [0.4, 0.5) is 8.78 Å². The predicted molar refractivity (Wildman–Crippen MR) is 106 cm³/mol. The van der Waals surface area contributed by atoms with Gasteiger partial charge in [-0.1, -0.05) is 12.1 Å². The first kappa shape index (κ1) is 20.5. The first-order valence-corrected chi connectivity index (χ1v) is 9.57. The summed E-state index contributed by atoms with van der Waals surface area (Å²) in [6.45, 7) is 0.0673. The topological polar surface area (TPSA) is 84.5 Å². The van der Waals surface area contributed by atoms with E-state index in [1.807, 2.05) is 0 Å². The third-order valence-electron chi connectivity index (χ3n) is 5.08. The lowest BCUT2D eigenvalue weighted by molar-refractivity contribution is -0.145. The summed E-state index contributed by atoms with van der Waals surface area (Å²) in [4.78, 5) is 26.7. The first-order valence-electron chi connectivity index (χ1n) is 9.57. The minimum atomic E-state index is -0.883. The van der Waals surface area contributed by atoms with E-state index < -0.39 is 29.8 Å². The number of nitrogens with zero attached hydrogens (tertiary/aromatic N) is 2. The van der Waals surface area contributed by atoms with Gasteiger partial charge in [-0.2, -0.15) is 5.10 Å². The molecule has 7 nitrogen and oxygen atoms in total. The van der Waals surface area contributed by atoms with Crippen LogP contribution in [0.5, 0.6) is 5.75 Å². The number of hydrogen-bond acceptors (Lipinski definition) is 5. The fourth-order valence-electron chi connectivity index (χ4n) is 3.54. The fourth-order valence-corrected chi connectivity index (χ4v) is 3.54. The molecule has 0 aliphatic carbocycles. The van der Waals surface area contributed by atoms with Gasteiger partial charge in [-0.05, 0) is 42.5 Å². The second-order valence-electron chi connectivity index (χ2n) is 7.08. The van der Waals surface area contributed by atoms with Gasteiger partial charge in [0.05, 0.1) is 19.3 Å². The van der Waals surface area contributed by atoms with Crippen LogP contribution >= 0.6 is 0 Å². The van der Waals surface area contributed by atoms with E-state index in [1.54, 1.807) is 24.3 Å². The molecule has 2 heterocycles. The molecule has 0 radical (unpaired) electrons. The molecule has 1 aromatic heterocycles. The lowest BCUT2D eigenvalue weighted by atomic mass is 10.1. The molecule has 1 fully saturated rings. The fraction of sp³-hybridized carbons (Fsp3) is 0.227. The monoisotopic (exact) mass is 427 g/mol. The zero-order chi connectivity index (χ0) is 22.0. The Hall–Kier alpha value is -3.75. The molecule has 2 aromatic carbocycles. The summed E-state index contributed by atoms with van der Waals surface area (Å²) in [5.41, 5.74) is 1.24. The number of carbonyl (C=O) groups excluding carboxylic acids is 2. The van der Waals surface area contributed by atoms with Crippen LogP contribution in [0, 0.1) is 11.6 Å². The number of aromatic nitrogens is 2. The summed E-state index contributed by atoms with van der Waals surface area (Å²) >= 11 is 0. The molecule has 160 valence electrons. The van der Waals surface area contributed by atoms with Crippen molar-refractivity contribution in [1.29, 1.82) is 0 Å². The smallest absolute Gasteiger partial charge is 0.328 e. The lowest BCUT2D eigenvalue weighted by Crippen LogP contribution is -2.41. The molecule has 0 spiro atoms. The van der Waals surface area contributed by atoms with Crippen molar-refractivity contribution in [3.63, 3.8) is 0 Å². The van der Waals surface area contributed by atoms with Crippen molar-refractivity contribution in [2.75, 3.05) is 13.7 Å². The van der Waals surface area contributed by atoms with Gasteiger partial charge in [0, 0.05) is 12.0 Å². The Kier molecular flexibility index (Phi) is 5.66. The maximum Gasteiger partial charge on any atom is 0.328 e. The average molecular weight is 427 g/mol. The summed E-state index contributed by atoms with van der Waals surface area (Å²) in [6, 6.07) is 12.3. The van der Waals surface area contributed by atoms with Gasteiger partial charge in [-0.25, -0.2) is 13.6 Å². The van der Waals surface area contributed by atoms with Crippen LogP contribution in [0.1, 0.15) is 16.9 Å². The van der Waals surface area contributed by atoms with Crippen LogP contribution in [-0.2, 0) is 9.53 Å². The molecular formula is C22H19F2N3O4. The highest BCUT2D eigenvalue weighted by molar-refractivity contribution is 5.96. The van der Waals surface area contributed by atoms with Gasteiger partial charge in [-0.15, -0.1) is 0 Å². The maximum absolute atomic E-state index is 13.9. The van der Waals surface area contributed by atoms with Crippen molar-refractivity contribution in [3.8, 4) is 17.0 Å². The Balaban J connectivity index is 1.54. The number of esters is 1. The van der Waals surface area contributed by atoms with Crippen LogP contribution in [0.15, 0.2) is 54.6 Å². The molecular weight excluding hydrogens is 408 g/mol. The third kappa shape index (κ3) is 4.25. The number of likely N-dealkylation sites (tertiary alicyclic amines) is 1. The minimum Gasteiger partial charge on any atom is -0.485 e. The molecule has 1 amide bonds. The van der Waals surface area contributed by atoms with E-state index in [1.165, 1.54) is 42.3 Å². The van der Waals surface area contributed by atoms with Gasteiger partial charge in [0.15, 0.2) is 11.6 Å². The molecule has 9 heteroatoms. The number of carbonyl (C=O) groups is 2. The second-order valence-corrected chi connectivity index (χ2v) is 7.08. The largest absolute Gasteiger partial charge is 0.485 e. The van der Waals surface area contributed by atoms with Crippen LogP contribution in [0.25, 0.3) is 11.3 Å². The molecule has 0 saturated carbocycles. The lowest BCUT2D eigenvalue weighted by Gasteiger charge is -2.21. The molecule has 0 bridgehead atoms. The summed E-state index contributed by atoms with van der Waals surface area (Å²) in [5.74, 6) is -1.93. The van der Waals surface area contributed by atoms with E-state index in [2.05, 4.69) is 10.2 Å². The second kappa shape index (κ2) is 8.55.